The van der Waals surface area contributed by atoms with Crippen LogP contribution in [-0.2, 0) is 4.74 Å². The van der Waals surface area contributed by atoms with Crippen LogP contribution in [0.3, 0.4) is 0 Å². The molecular formula is C29H32FN5O3. The highest BCUT2D eigenvalue weighted by atomic mass is 19.1. The zero-order valence-corrected chi connectivity index (χ0v) is 22.0. The number of morpholine rings is 1. The Morgan fingerprint density at radius 2 is 1.87 bits per heavy atom. The minimum Gasteiger partial charge on any atom is -0.494 e. The zero-order valence-electron chi connectivity index (χ0n) is 22.0. The predicted octanol–water partition coefficient (Wildman–Crippen LogP) is 4.54. The molecule has 0 spiro atoms. The number of rotatable bonds is 4. The molecule has 0 aliphatic carbocycles. The second-order valence-electron chi connectivity index (χ2n) is 10.5. The second-order valence-corrected chi connectivity index (χ2v) is 10.5. The number of nitriles is 1. The highest BCUT2D eigenvalue weighted by Gasteiger charge is 2.31. The fraction of sp³-hybridized carbons (Fsp3) is 0.448. The summed E-state index contributed by atoms with van der Waals surface area (Å²) in [5.74, 6) is -0.0635. The van der Waals surface area contributed by atoms with E-state index in [1.54, 1.807) is 24.3 Å². The summed E-state index contributed by atoms with van der Waals surface area (Å²) in [6, 6.07) is 9.38. The van der Waals surface area contributed by atoms with Gasteiger partial charge >= 0.3 is 0 Å². The van der Waals surface area contributed by atoms with E-state index < -0.39 is 5.82 Å². The van der Waals surface area contributed by atoms with Crippen molar-refractivity contribution < 1.29 is 13.9 Å². The molecule has 2 aliphatic heterocycles. The minimum atomic E-state index is -0.437. The molecule has 9 heteroatoms. The van der Waals surface area contributed by atoms with Gasteiger partial charge in [0.15, 0.2) is 11.2 Å². The lowest BCUT2D eigenvalue weighted by Crippen LogP contribution is -2.49. The molecule has 8 nitrogen and oxygen atoms in total. The van der Waals surface area contributed by atoms with E-state index in [-0.39, 0.29) is 22.4 Å². The van der Waals surface area contributed by atoms with E-state index >= 15 is 4.39 Å². The Balaban J connectivity index is 1.52. The van der Waals surface area contributed by atoms with Gasteiger partial charge in [0.25, 0.3) is 0 Å². The van der Waals surface area contributed by atoms with Gasteiger partial charge in [0.1, 0.15) is 17.1 Å². The summed E-state index contributed by atoms with van der Waals surface area (Å²) in [5.41, 5.74) is 2.17. The van der Waals surface area contributed by atoms with Crippen molar-refractivity contribution in [1.29, 1.82) is 5.26 Å². The van der Waals surface area contributed by atoms with Gasteiger partial charge in [0, 0.05) is 49.2 Å². The lowest BCUT2D eigenvalue weighted by atomic mass is 10.0. The molecule has 38 heavy (non-hydrogen) atoms. The molecule has 6 rings (SSSR count). The lowest BCUT2D eigenvalue weighted by molar-refractivity contribution is 0.0114. The van der Waals surface area contributed by atoms with Gasteiger partial charge in [-0.2, -0.15) is 5.26 Å². The van der Waals surface area contributed by atoms with Gasteiger partial charge in [0.05, 0.1) is 48.2 Å². The van der Waals surface area contributed by atoms with Gasteiger partial charge in [-0.1, -0.05) is 6.07 Å². The number of fused-ring (bicyclic) bond motifs is 4. The number of H-pyrrole nitrogens is 1. The Bertz CT molecular complexity index is 1640. The fourth-order valence-corrected chi connectivity index (χ4v) is 6.29. The Hall–Kier alpha value is -3.61. The van der Waals surface area contributed by atoms with Gasteiger partial charge < -0.3 is 23.9 Å². The number of nitrogens with one attached hydrogen (secondary N) is 1. The number of halogens is 1. The molecular weight excluding hydrogens is 485 g/mol. The molecule has 4 heterocycles. The van der Waals surface area contributed by atoms with Crippen molar-refractivity contribution in [2.75, 3.05) is 51.4 Å². The van der Waals surface area contributed by atoms with Crippen LogP contribution in [-0.4, -0.2) is 67.0 Å². The van der Waals surface area contributed by atoms with Crippen molar-refractivity contribution >= 4 is 38.5 Å². The van der Waals surface area contributed by atoms with E-state index in [0.29, 0.717) is 58.1 Å². The summed E-state index contributed by atoms with van der Waals surface area (Å²) in [4.78, 5) is 21.7. The topological polar surface area (TPSA) is 86.5 Å². The van der Waals surface area contributed by atoms with Gasteiger partial charge in [-0.15, -0.1) is 0 Å². The van der Waals surface area contributed by atoms with Crippen LogP contribution in [0.1, 0.15) is 38.3 Å². The summed E-state index contributed by atoms with van der Waals surface area (Å²) < 4.78 is 29.8. The Morgan fingerprint density at radius 3 is 2.53 bits per heavy atom. The van der Waals surface area contributed by atoms with Crippen molar-refractivity contribution in [3.63, 3.8) is 0 Å². The molecule has 0 radical (unpaired) electrons. The van der Waals surface area contributed by atoms with E-state index in [1.165, 1.54) is 7.11 Å². The molecule has 1 N–H and O–H groups in total. The van der Waals surface area contributed by atoms with Gasteiger partial charge in [-0.25, -0.2) is 4.39 Å². The van der Waals surface area contributed by atoms with E-state index in [1.807, 2.05) is 18.4 Å². The molecule has 2 saturated heterocycles. The number of aromatic amines is 1. The highest BCUT2D eigenvalue weighted by Crippen LogP contribution is 2.40. The number of ether oxygens (including phenoxy) is 2. The second kappa shape index (κ2) is 9.61. The summed E-state index contributed by atoms with van der Waals surface area (Å²) in [5, 5.41) is 10.9. The molecule has 2 aromatic heterocycles. The summed E-state index contributed by atoms with van der Waals surface area (Å²) in [6.45, 7) is 8.78. The van der Waals surface area contributed by atoms with Crippen molar-refractivity contribution in [3.05, 3.63) is 45.9 Å². The number of piperidine rings is 1. The number of hydrogen-bond donors (Lipinski definition) is 1. The van der Waals surface area contributed by atoms with E-state index in [4.69, 9.17) is 9.47 Å². The number of aromatic nitrogens is 2. The number of methoxy groups -OCH3 is 1. The molecule has 2 fully saturated rings. The first-order chi connectivity index (χ1) is 18.4. The molecule has 2 aliphatic rings. The number of nitrogens with zero attached hydrogens (tertiary/aromatic N) is 4. The van der Waals surface area contributed by atoms with E-state index in [0.717, 1.165) is 39.1 Å². The smallest absolute Gasteiger partial charge is 0.199 e. The van der Waals surface area contributed by atoms with Crippen LogP contribution >= 0.6 is 0 Å². The Labute approximate surface area is 220 Å². The first kappa shape index (κ1) is 24.7. The number of pyridine rings is 1. The third-order valence-corrected chi connectivity index (χ3v) is 8.12. The predicted molar refractivity (Wildman–Crippen MR) is 147 cm³/mol. The number of anilines is 1. The largest absolute Gasteiger partial charge is 0.494 e. The lowest BCUT2D eigenvalue weighted by Gasteiger charge is -2.41. The molecule has 0 saturated carbocycles. The molecule has 198 valence electrons. The molecule has 0 atom stereocenters. The molecule has 0 unspecified atom stereocenters. The molecule has 0 amide bonds. The molecule has 4 aromatic rings. The standard InChI is InChI=1S/C29H32FN5O3/c1-17(2)35-26-21(28(36)24-20-5-4-18(16-31)14-22(20)32-29(24)35)15-23(37-3)27(25(26)30)34-8-6-19(7-9-34)33-10-12-38-13-11-33/h4-5,14-15,17,19,32H,6-13H2,1-3H3. The van der Waals surface area contributed by atoms with E-state index in [2.05, 4.69) is 20.9 Å². The average molecular weight is 518 g/mol. The quantitative estimate of drug-likeness (QED) is 0.428. The number of benzene rings is 2. The first-order valence-electron chi connectivity index (χ1n) is 13.3. The van der Waals surface area contributed by atoms with Crippen molar-refractivity contribution in [2.45, 2.75) is 38.8 Å². The van der Waals surface area contributed by atoms with Gasteiger partial charge in [-0.3, -0.25) is 9.69 Å². The molecule has 0 bridgehead atoms. The normalized spacial score (nSPS) is 17.6. The molecule has 2 aromatic carbocycles. The van der Waals surface area contributed by atoms with Crippen LogP contribution in [0.5, 0.6) is 5.75 Å². The maximum absolute atomic E-state index is 16.7. The van der Waals surface area contributed by atoms with Crippen molar-refractivity contribution in [1.82, 2.24) is 14.5 Å². The Kier molecular flexibility index (Phi) is 6.25. The third-order valence-electron chi connectivity index (χ3n) is 8.12. The van der Waals surface area contributed by atoms with Gasteiger partial charge in [-0.05, 0) is 44.9 Å². The van der Waals surface area contributed by atoms with Crippen molar-refractivity contribution in [2.24, 2.45) is 0 Å². The highest BCUT2D eigenvalue weighted by molar-refractivity contribution is 6.10. The summed E-state index contributed by atoms with van der Waals surface area (Å²) in [6.07, 6.45) is 1.86. The van der Waals surface area contributed by atoms with Crippen LogP contribution in [0.2, 0.25) is 0 Å². The zero-order chi connectivity index (χ0) is 26.6. The average Bonchev–Trinajstić information content (AvgIpc) is 3.32. The first-order valence-corrected chi connectivity index (χ1v) is 13.3. The van der Waals surface area contributed by atoms with E-state index in [9.17, 15) is 10.1 Å². The van der Waals surface area contributed by atoms with Crippen LogP contribution in [0.4, 0.5) is 10.1 Å². The summed E-state index contributed by atoms with van der Waals surface area (Å²) >= 11 is 0. The summed E-state index contributed by atoms with van der Waals surface area (Å²) in [7, 11) is 1.53. The van der Waals surface area contributed by atoms with Crippen LogP contribution < -0.4 is 15.1 Å². The van der Waals surface area contributed by atoms with Crippen LogP contribution in [0.25, 0.3) is 32.8 Å². The van der Waals surface area contributed by atoms with Crippen LogP contribution in [0.15, 0.2) is 29.1 Å². The SMILES string of the molecule is COc1cc2c(=O)c3c4ccc(C#N)cc4[nH]c3n(C(C)C)c2c(F)c1N1CCC(N2CCOCC2)CC1. The maximum atomic E-state index is 16.7. The monoisotopic (exact) mass is 517 g/mol. The van der Waals surface area contributed by atoms with Gasteiger partial charge in [0.2, 0.25) is 0 Å². The fourth-order valence-electron chi connectivity index (χ4n) is 6.29. The maximum Gasteiger partial charge on any atom is 0.199 e. The number of hydrogen-bond acceptors (Lipinski definition) is 6. The third kappa shape index (κ3) is 3.82. The van der Waals surface area contributed by atoms with Crippen LogP contribution in [0, 0.1) is 17.1 Å². The Morgan fingerprint density at radius 1 is 1.13 bits per heavy atom. The minimum absolute atomic E-state index is 0.132. The van der Waals surface area contributed by atoms with Crippen molar-refractivity contribution in [3.8, 4) is 11.8 Å².